The number of Topliss-reactive ketones (excluding diaryl/α,β-unsaturated/α-hetero) is 1. The van der Waals surface area contributed by atoms with Gasteiger partial charge in [0.05, 0.1) is 11.6 Å². The van der Waals surface area contributed by atoms with Crippen molar-refractivity contribution in [2.75, 3.05) is 6.61 Å². The largest absolute Gasteiger partial charge is 0.482 e. The third kappa shape index (κ3) is 4.92. The maximum Gasteiger partial charge on any atom is 0.344 e. The smallest absolute Gasteiger partial charge is 0.344 e. The van der Waals surface area contributed by atoms with E-state index in [1.54, 1.807) is 37.3 Å². The van der Waals surface area contributed by atoms with Gasteiger partial charge in [-0.1, -0.05) is 17.7 Å². The van der Waals surface area contributed by atoms with Crippen molar-refractivity contribution in [3.05, 3.63) is 64.7 Å². The number of nitrogens with zero attached hydrogens (tertiary/aromatic N) is 1. The number of carbonyl (C=O) groups is 2. The summed E-state index contributed by atoms with van der Waals surface area (Å²) in [6, 6.07) is 13.9. The normalized spacial score (nSPS) is 11.3. The molecule has 2 aromatic carbocycles. The van der Waals surface area contributed by atoms with Crippen LogP contribution in [0.4, 0.5) is 0 Å². The van der Waals surface area contributed by atoms with Crippen molar-refractivity contribution in [3.63, 3.8) is 0 Å². The molecule has 1 atom stereocenters. The molecule has 5 heteroatoms. The summed E-state index contributed by atoms with van der Waals surface area (Å²) in [6.45, 7) is 4.98. The zero-order valence-electron chi connectivity index (χ0n) is 14.4. The first kappa shape index (κ1) is 18.2. The topological polar surface area (TPSA) is 76.4 Å². The lowest BCUT2D eigenvalue weighted by atomic mass is 9.99. The Labute approximate surface area is 146 Å². The summed E-state index contributed by atoms with van der Waals surface area (Å²) >= 11 is 0. The van der Waals surface area contributed by atoms with Gasteiger partial charge in [0.15, 0.2) is 12.7 Å². The van der Waals surface area contributed by atoms with E-state index >= 15 is 0 Å². The van der Waals surface area contributed by atoms with Crippen molar-refractivity contribution >= 4 is 11.8 Å². The summed E-state index contributed by atoms with van der Waals surface area (Å²) < 4.78 is 10.5. The summed E-state index contributed by atoms with van der Waals surface area (Å²) in [5.74, 6) is -0.423. The van der Waals surface area contributed by atoms with Crippen molar-refractivity contribution in [2.24, 2.45) is 0 Å². The molecule has 0 N–H and O–H groups in total. The molecule has 0 aliphatic rings. The third-order valence-corrected chi connectivity index (χ3v) is 3.68. The van der Waals surface area contributed by atoms with Gasteiger partial charge >= 0.3 is 5.97 Å². The summed E-state index contributed by atoms with van der Waals surface area (Å²) in [6.07, 6.45) is -0.891. The molecular weight excluding hydrogens is 318 g/mol. The molecule has 0 fully saturated rings. The second kappa shape index (κ2) is 8.11. The molecular formula is C20H19NO4. The van der Waals surface area contributed by atoms with Crippen LogP contribution in [0.15, 0.2) is 42.5 Å². The molecule has 0 bridgehead atoms. The van der Waals surface area contributed by atoms with Crippen molar-refractivity contribution in [2.45, 2.75) is 26.9 Å². The molecule has 0 saturated carbocycles. The molecule has 25 heavy (non-hydrogen) atoms. The Morgan fingerprint density at radius 3 is 2.44 bits per heavy atom. The highest BCUT2D eigenvalue weighted by Gasteiger charge is 2.21. The molecule has 2 aromatic rings. The average Bonchev–Trinajstić information content (AvgIpc) is 2.61. The highest BCUT2D eigenvalue weighted by Crippen LogP contribution is 2.15. The predicted octanol–water partition coefficient (Wildman–Crippen LogP) is 3.37. The number of ketones is 1. The average molecular weight is 337 g/mol. The highest BCUT2D eigenvalue weighted by atomic mass is 16.6. The van der Waals surface area contributed by atoms with Crippen LogP contribution in [0.1, 0.15) is 34.0 Å². The lowest BCUT2D eigenvalue weighted by molar-refractivity contribution is -0.148. The molecule has 2 rings (SSSR count). The van der Waals surface area contributed by atoms with Gasteiger partial charge in [-0.2, -0.15) is 5.26 Å². The van der Waals surface area contributed by atoms with E-state index in [1.807, 2.05) is 32.0 Å². The molecule has 128 valence electrons. The molecule has 5 nitrogen and oxygen atoms in total. The van der Waals surface area contributed by atoms with Crippen LogP contribution in [0.2, 0.25) is 0 Å². The minimum Gasteiger partial charge on any atom is -0.482 e. The molecule has 0 saturated heterocycles. The fourth-order valence-corrected chi connectivity index (χ4v) is 2.27. The van der Waals surface area contributed by atoms with Gasteiger partial charge in [-0.05, 0) is 56.7 Å². The van der Waals surface area contributed by atoms with Crippen LogP contribution in [0.25, 0.3) is 0 Å². The number of carbonyl (C=O) groups excluding carboxylic acids is 2. The van der Waals surface area contributed by atoms with Crippen molar-refractivity contribution in [1.82, 2.24) is 0 Å². The van der Waals surface area contributed by atoms with E-state index in [0.29, 0.717) is 16.9 Å². The van der Waals surface area contributed by atoms with Crippen LogP contribution in [-0.4, -0.2) is 24.5 Å². The monoisotopic (exact) mass is 337 g/mol. The minimum absolute atomic E-state index is 0.243. The van der Waals surface area contributed by atoms with Crippen molar-refractivity contribution in [3.8, 4) is 11.8 Å². The number of hydrogen-bond acceptors (Lipinski definition) is 5. The van der Waals surface area contributed by atoms with Gasteiger partial charge in [-0.15, -0.1) is 0 Å². The van der Waals surface area contributed by atoms with Crippen LogP contribution >= 0.6 is 0 Å². The van der Waals surface area contributed by atoms with Gasteiger partial charge < -0.3 is 9.47 Å². The Kier molecular flexibility index (Phi) is 5.91. The van der Waals surface area contributed by atoms with E-state index < -0.39 is 12.1 Å². The zero-order valence-corrected chi connectivity index (χ0v) is 14.4. The van der Waals surface area contributed by atoms with Crippen LogP contribution in [-0.2, 0) is 9.53 Å². The second-order valence-electron chi connectivity index (χ2n) is 5.74. The SMILES string of the molecule is Cc1ccc(C)c(C(=O)[C@@H](C)OC(=O)COc2ccc(C#N)cc2)c1. The standard InChI is InChI=1S/C20H19NO4/c1-13-4-5-14(2)18(10-13)20(23)15(3)25-19(22)12-24-17-8-6-16(11-21)7-9-17/h4-10,15H,12H2,1-3H3/t15-/m1/s1. The van der Waals surface area contributed by atoms with Crippen molar-refractivity contribution < 1.29 is 19.1 Å². The van der Waals surface area contributed by atoms with Crippen molar-refractivity contribution in [1.29, 1.82) is 5.26 Å². The lowest BCUT2D eigenvalue weighted by Crippen LogP contribution is -2.27. The first-order valence-corrected chi connectivity index (χ1v) is 7.84. The fourth-order valence-electron chi connectivity index (χ4n) is 2.27. The fraction of sp³-hybridized carbons (Fsp3) is 0.250. The summed E-state index contributed by atoms with van der Waals surface area (Å²) in [7, 11) is 0. The van der Waals surface area contributed by atoms with Gasteiger partial charge in [-0.25, -0.2) is 4.79 Å². The number of nitriles is 1. The Bertz CT molecular complexity index is 819. The van der Waals surface area contributed by atoms with Crippen LogP contribution in [0, 0.1) is 25.2 Å². The number of ether oxygens (including phenoxy) is 2. The zero-order chi connectivity index (χ0) is 18.4. The van der Waals surface area contributed by atoms with Gasteiger partial charge in [0, 0.05) is 5.56 Å². The van der Waals surface area contributed by atoms with Gasteiger partial charge in [0.1, 0.15) is 5.75 Å². The molecule has 0 aromatic heterocycles. The summed E-state index contributed by atoms with van der Waals surface area (Å²) in [5.41, 5.74) is 2.86. The van der Waals surface area contributed by atoms with Crippen LogP contribution in [0.3, 0.4) is 0 Å². The molecule has 0 spiro atoms. The summed E-state index contributed by atoms with van der Waals surface area (Å²) in [5, 5.41) is 8.73. The predicted molar refractivity (Wildman–Crippen MR) is 92.5 cm³/mol. The number of benzene rings is 2. The lowest BCUT2D eigenvalue weighted by Gasteiger charge is -2.14. The second-order valence-corrected chi connectivity index (χ2v) is 5.74. The Balaban J connectivity index is 1.91. The third-order valence-electron chi connectivity index (χ3n) is 3.68. The van der Waals surface area contributed by atoms with Gasteiger partial charge in [-0.3, -0.25) is 4.79 Å². The first-order valence-electron chi connectivity index (χ1n) is 7.84. The number of esters is 1. The molecule has 0 unspecified atom stereocenters. The van der Waals surface area contributed by atoms with Gasteiger partial charge in [0.25, 0.3) is 0 Å². The minimum atomic E-state index is -0.891. The molecule has 0 aliphatic heterocycles. The maximum atomic E-state index is 12.4. The Morgan fingerprint density at radius 1 is 1.12 bits per heavy atom. The number of rotatable bonds is 6. The van der Waals surface area contributed by atoms with E-state index in [9.17, 15) is 9.59 Å². The Hall–Kier alpha value is -3.13. The molecule has 0 heterocycles. The molecule has 0 radical (unpaired) electrons. The quantitative estimate of drug-likeness (QED) is 0.597. The van der Waals surface area contributed by atoms with E-state index in [4.69, 9.17) is 14.7 Å². The van der Waals surface area contributed by atoms with E-state index in [-0.39, 0.29) is 12.4 Å². The Morgan fingerprint density at radius 2 is 1.80 bits per heavy atom. The maximum absolute atomic E-state index is 12.4. The van der Waals surface area contributed by atoms with Crippen LogP contribution in [0.5, 0.6) is 5.75 Å². The number of aryl methyl sites for hydroxylation is 2. The van der Waals surface area contributed by atoms with E-state index in [0.717, 1.165) is 11.1 Å². The summed E-state index contributed by atoms with van der Waals surface area (Å²) in [4.78, 5) is 24.3. The van der Waals surface area contributed by atoms with E-state index in [2.05, 4.69) is 0 Å². The van der Waals surface area contributed by atoms with E-state index in [1.165, 1.54) is 0 Å². The number of hydrogen-bond donors (Lipinski definition) is 0. The molecule has 0 aliphatic carbocycles. The highest BCUT2D eigenvalue weighted by molar-refractivity contribution is 6.01. The van der Waals surface area contributed by atoms with Crippen LogP contribution < -0.4 is 4.74 Å². The van der Waals surface area contributed by atoms with Gasteiger partial charge in [0.2, 0.25) is 5.78 Å². The first-order chi connectivity index (χ1) is 11.9. The molecule has 0 amide bonds.